The van der Waals surface area contributed by atoms with Crippen LogP contribution in [0.4, 0.5) is 11.6 Å². The van der Waals surface area contributed by atoms with Gasteiger partial charge in [-0.1, -0.05) is 25.1 Å². The number of hydrogen-bond acceptors (Lipinski definition) is 9. The SMILES string of the molecule is CNC(=O)c1ccnc2c([C@H](C)CNc3cc(-c4cnc(N5CCOCC5)c(C#N)c4)ncn3)cccc12.S. The van der Waals surface area contributed by atoms with E-state index in [-0.39, 0.29) is 25.3 Å². The third kappa shape index (κ3) is 5.92. The number of ether oxygens (including phenoxy) is 1. The Kier molecular flexibility index (Phi) is 8.91. The number of para-hydroxylation sites is 1. The van der Waals surface area contributed by atoms with Crippen LogP contribution in [0.5, 0.6) is 0 Å². The molecule has 1 saturated heterocycles. The van der Waals surface area contributed by atoms with Crippen molar-refractivity contribution in [3.05, 3.63) is 71.8 Å². The lowest BCUT2D eigenvalue weighted by atomic mass is 9.96. The van der Waals surface area contributed by atoms with Gasteiger partial charge in [-0.25, -0.2) is 15.0 Å². The monoisotopic (exact) mass is 542 g/mol. The van der Waals surface area contributed by atoms with E-state index in [4.69, 9.17) is 4.74 Å². The fraction of sp³-hybridized carbons (Fsp3) is 0.286. The van der Waals surface area contributed by atoms with Crippen LogP contribution in [-0.2, 0) is 4.74 Å². The lowest BCUT2D eigenvalue weighted by Crippen LogP contribution is -2.37. The second kappa shape index (κ2) is 12.5. The molecule has 0 unspecified atom stereocenters. The smallest absolute Gasteiger partial charge is 0.251 e. The van der Waals surface area contributed by atoms with Gasteiger partial charge in [-0.15, -0.1) is 0 Å². The van der Waals surface area contributed by atoms with E-state index in [0.717, 1.165) is 22.0 Å². The number of amides is 1. The molecule has 10 nitrogen and oxygen atoms in total. The minimum absolute atomic E-state index is 0. The minimum atomic E-state index is -0.138. The summed E-state index contributed by atoms with van der Waals surface area (Å²) in [6.07, 6.45) is 4.91. The van der Waals surface area contributed by atoms with Gasteiger partial charge in [0.15, 0.2) is 0 Å². The van der Waals surface area contributed by atoms with Crippen molar-refractivity contribution in [1.82, 2.24) is 25.3 Å². The average Bonchev–Trinajstić information content (AvgIpc) is 2.99. The number of carbonyl (C=O) groups excluding carboxylic acids is 1. The van der Waals surface area contributed by atoms with Crippen molar-refractivity contribution >= 4 is 41.9 Å². The first-order valence-electron chi connectivity index (χ1n) is 12.5. The van der Waals surface area contributed by atoms with Crippen LogP contribution in [0.1, 0.15) is 34.3 Å². The Morgan fingerprint density at radius 1 is 1.15 bits per heavy atom. The maximum atomic E-state index is 12.3. The Bertz CT molecular complexity index is 1520. The molecule has 0 aliphatic carbocycles. The van der Waals surface area contributed by atoms with Crippen LogP contribution in [0.15, 0.2) is 55.1 Å². The van der Waals surface area contributed by atoms with Crippen molar-refractivity contribution in [1.29, 1.82) is 5.26 Å². The normalized spacial score (nSPS) is 13.7. The Morgan fingerprint density at radius 3 is 2.74 bits per heavy atom. The number of nitriles is 1. The predicted octanol–water partition coefficient (Wildman–Crippen LogP) is 3.48. The number of carbonyl (C=O) groups is 1. The number of benzene rings is 1. The Morgan fingerprint density at radius 2 is 1.97 bits per heavy atom. The van der Waals surface area contributed by atoms with E-state index in [1.165, 1.54) is 6.33 Å². The molecule has 5 rings (SSSR count). The van der Waals surface area contributed by atoms with Gasteiger partial charge in [-0.3, -0.25) is 9.78 Å². The molecule has 3 aromatic heterocycles. The molecule has 1 atom stereocenters. The summed E-state index contributed by atoms with van der Waals surface area (Å²) in [5.41, 5.74) is 4.38. The Hall–Kier alpha value is -4.27. The maximum absolute atomic E-state index is 12.3. The molecule has 4 heterocycles. The van der Waals surface area contributed by atoms with Crippen LogP contribution in [0.3, 0.4) is 0 Å². The number of fused-ring (bicyclic) bond motifs is 1. The summed E-state index contributed by atoms with van der Waals surface area (Å²) in [5, 5.41) is 16.6. The van der Waals surface area contributed by atoms with Gasteiger partial charge in [0.25, 0.3) is 5.91 Å². The summed E-state index contributed by atoms with van der Waals surface area (Å²) in [5.74, 6) is 1.28. The van der Waals surface area contributed by atoms with E-state index < -0.39 is 0 Å². The van der Waals surface area contributed by atoms with Gasteiger partial charge in [-0.2, -0.15) is 18.8 Å². The molecule has 2 N–H and O–H groups in total. The first kappa shape index (κ1) is 27.8. The van der Waals surface area contributed by atoms with E-state index in [2.05, 4.69) is 48.5 Å². The third-order valence-corrected chi connectivity index (χ3v) is 6.65. The summed E-state index contributed by atoms with van der Waals surface area (Å²) in [7, 11) is 1.62. The van der Waals surface area contributed by atoms with Gasteiger partial charge in [-0.05, 0) is 17.7 Å². The van der Waals surface area contributed by atoms with Crippen LogP contribution in [-0.4, -0.2) is 65.7 Å². The molecule has 1 aliphatic rings. The van der Waals surface area contributed by atoms with E-state index in [1.54, 1.807) is 25.5 Å². The minimum Gasteiger partial charge on any atom is -0.378 e. The van der Waals surface area contributed by atoms with Crippen molar-refractivity contribution in [3.8, 4) is 17.3 Å². The Labute approximate surface area is 233 Å². The van der Waals surface area contributed by atoms with Gasteiger partial charge in [0.2, 0.25) is 0 Å². The van der Waals surface area contributed by atoms with E-state index in [1.807, 2.05) is 30.3 Å². The van der Waals surface area contributed by atoms with Crippen LogP contribution in [0.25, 0.3) is 22.2 Å². The predicted molar refractivity (Wildman–Crippen MR) is 155 cm³/mol. The lowest BCUT2D eigenvalue weighted by molar-refractivity contribution is 0.0964. The topological polar surface area (TPSA) is 129 Å². The molecule has 0 radical (unpaired) electrons. The van der Waals surface area contributed by atoms with Gasteiger partial charge in [0.05, 0.1) is 35.6 Å². The molecule has 1 aliphatic heterocycles. The zero-order valence-corrected chi connectivity index (χ0v) is 22.8. The molecule has 39 heavy (non-hydrogen) atoms. The highest BCUT2D eigenvalue weighted by molar-refractivity contribution is 7.59. The summed E-state index contributed by atoms with van der Waals surface area (Å²) >= 11 is 0. The van der Waals surface area contributed by atoms with Crippen LogP contribution < -0.4 is 15.5 Å². The molecule has 1 amide bonds. The number of nitrogens with one attached hydrogen (secondary N) is 2. The molecule has 1 aromatic carbocycles. The van der Waals surface area contributed by atoms with Crippen molar-refractivity contribution in [2.75, 3.05) is 50.1 Å². The molecule has 11 heteroatoms. The molecule has 0 bridgehead atoms. The Balaban J connectivity index is 0.00000353. The first-order valence-corrected chi connectivity index (χ1v) is 12.5. The number of anilines is 2. The molecular weight excluding hydrogens is 512 g/mol. The second-order valence-electron chi connectivity index (χ2n) is 9.06. The zero-order valence-electron chi connectivity index (χ0n) is 21.8. The fourth-order valence-corrected chi connectivity index (χ4v) is 4.62. The van der Waals surface area contributed by atoms with Crippen LogP contribution in [0, 0.1) is 11.3 Å². The van der Waals surface area contributed by atoms with Gasteiger partial charge in [0, 0.05) is 62.0 Å². The molecule has 0 spiro atoms. The number of pyridine rings is 2. The highest BCUT2D eigenvalue weighted by atomic mass is 32.1. The molecule has 0 saturated carbocycles. The standard InChI is InChI=1S/C28H28N8O2.H2S/c1-18(21-4-3-5-22-23(28(37)30-2)6-7-31-26(21)22)15-32-25-13-24(34-17-35-25)20-12-19(14-29)27(33-16-20)36-8-10-38-11-9-36;/h3-7,12-13,16-18H,8-11,15H2,1-2H3,(H,30,37)(H,32,34,35);1H2/t18-;/m1./s1. The number of aromatic nitrogens is 4. The van der Waals surface area contributed by atoms with Crippen molar-refractivity contribution < 1.29 is 9.53 Å². The summed E-state index contributed by atoms with van der Waals surface area (Å²) in [4.78, 5) is 32.3. The quantitative estimate of drug-likeness (QED) is 0.361. The van der Waals surface area contributed by atoms with Gasteiger partial charge >= 0.3 is 0 Å². The molecular formula is C28H30N8O2S. The summed E-state index contributed by atoms with van der Waals surface area (Å²) in [6, 6.07) is 13.6. The van der Waals surface area contributed by atoms with Crippen molar-refractivity contribution in [2.24, 2.45) is 0 Å². The van der Waals surface area contributed by atoms with Crippen LogP contribution in [0.2, 0.25) is 0 Å². The maximum Gasteiger partial charge on any atom is 0.251 e. The summed E-state index contributed by atoms with van der Waals surface area (Å²) < 4.78 is 5.41. The average molecular weight is 543 g/mol. The first-order chi connectivity index (χ1) is 18.6. The molecule has 1 fully saturated rings. The lowest BCUT2D eigenvalue weighted by Gasteiger charge is -2.28. The zero-order chi connectivity index (χ0) is 26.5. The largest absolute Gasteiger partial charge is 0.378 e. The highest BCUT2D eigenvalue weighted by Gasteiger charge is 2.18. The van der Waals surface area contributed by atoms with Gasteiger partial charge in [0.1, 0.15) is 24.0 Å². The number of rotatable bonds is 7. The number of nitrogens with zero attached hydrogens (tertiary/aromatic N) is 6. The van der Waals surface area contributed by atoms with E-state index in [0.29, 0.717) is 61.3 Å². The number of morpholine rings is 1. The van der Waals surface area contributed by atoms with Crippen molar-refractivity contribution in [3.63, 3.8) is 0 Å². The number of hydrogen-bond donors (Lipinski definition) is 2. The second-order valence-corrected chi connectivity index (χ2v) is 9.06. The summed E-state index contributed by atoms with van der Waals surface area (Å²) in [6.45, 7) is 5.36. The molecule has 200 valence electrons. The van der Waals surface area contributed by atoms with E-state index in [9.17, 15) is 10.1 Å². The van der Waals surface area contributed by atoms with Gasteiger partial charge < -0.3 is 20.3 Å². The van der Waals surface area contributed by atoms with Crippen molar-refractivity contribution in [2.45, 2.75) is 12.8 Å². The molecule has 4 aromatic rings. The van der Waals surface area contributed by atoms with E-state index >= 15 is 0 Å². The van der Waals surface area contributed by atoms with Crippen LogP contribution >= 0.6 is 13.5 Å². The third-order valence-electron chi connectivity index (χ3n) is 6.65. The fourth-order valence-electron chi connectivity index (χ4n) is 4.62. The highest BCUT2D eigenvalue weighted by Crippen LogP contribution is 2.28.